The van der Waals surface area contributed by atoms with Crippen LogP contribution in [-0.2, 0) is 20.7 Å². The minimum absolute atomic E-state index is 0.104. The molecule has 1 aliphatic heterocycles. The Morgan fingerprint density at radius 3 is 2.59 bits per heavy atom. The number of rotatable bonds is 8. The van der Waals surface area contributed by atoms with Gasteiger partial charge in [0, 0.05) is 29.1 Å². The van der Waals surface area contributed by atoms with Gasteiger partial charge in [-0.1, -0.05) is 37.6 Å². The van der Waals surface area contributed by atoms with Crippen LogP contribution in [0.4, 0.5) is 0 Å². The van der Waals surface area contributed by atoms with E-state index >= 15 is 0 Å². The summed E-state index contributed by atoms with van der Waals surface area (Å²) in [5.41, 5.74) is 3.34. The van der Waals surface area contributed by atoms with Gasteiger partial charge in [0.2, 0.25) is 0 Å². The number of nitrogens with zero attached hydrogens (tertiary/aromatic N) is 1. The van der Waals surface area contributed by atoms with Gasteiger partial charge in [-0.05, 0) is 55.7 Å². The Bertz CT molecular complexity index is 773. The minimum Gasteiger partial charge on any atom is -0.465 e. The molecule has 1 amide bonds. The van der Waals surface area contributed by atoms with Crippen LogP contribution in [-0.4, -0.2) is 42.6 Å². The molecule has 1 heterocycles. The Kier molecular flexibility index (Phi) is 7.36. The van der Waals surface area contributed by atoms with Gasteiger partial charge in [-0.15, -0.1) is 0 Å². The smallest absolute Gasteiger partial charge is 0.364 e. The predicted molar refractivity (Wildman–Crippen MR) is 113 cm³/mol. The second kappa shape index (κ2) is 9.77. The monoisotopic (exact) mass is 419 g/mol. The number of carbonyl (C=O) groups is 2. The third kappa shape index (κ3) is 5.20. The first-order valence-electron chi connectivity index (χ1n) is 10.6. The molecule has 0 unspecified atom stereocenters. The third-order valence-corrected chi connectivity index (χ3v) is 6.17. The summed E-state index contributed by atoms with van der Waals surface area (Å²) in [5, 5.41) is 2.78. The molecule has 0 saturated carbocycles. The van der Waals surface area contributed by atoms with Crippen molar-refractivity contribution >= 4 is 23.5 Å². The van der Waals surface area contributed by atoms with Gasteiger partial charge in [-0.2, -0.15) is 0 Å². The SMILES string of the molecule is COC(=O)[C@H](CC(C)C)[NH2+][C@H]1C2=C(CCCC2)C(=O)N1CCc1ccc(Cl)cc1. The molecule has 1 aromatic carbocycles. The molecule has 2 atom stereocenters. The van der Waals surface area contributed by atoms with Gasteiger partial charge < -0.3 is 10.1 Å². The maximum absolute atomic E-state index is 13.2. The van der Waals surface area contributed by atoms with Crippen molar-refractivity contribution in [1.82, 2.24) is 4.90 Å². The van der Waals surface area contributed by atoms with Crippen molar-refractivity contribution in [2.75, 3.05) is 13.7 Å². The topological polar surface area (TPSA) is 63.2 Å². The zero-order valence-electron chi connectivity index (χ0n) is 17.6. The first kappa shape index (κ1) is 21.8. The summed E-state index contributed by atoms with van der Waals surface area (Å²) in [5.74, 6) is 0.298. The van der Waals surface area contributed by atoms with E-state index < -0.39 is 0 Å². The molecule has 2 aliphatic rings. The van der Waals surface area contributed by atoms with Crippen LogP contribution in [0, 0.1) is 5.92 Å². The van der Waals surface area contributed by atoms with Gasteiger partial charge in [0.1, 0.15) is 0 Å². The summed E-state index contributed by atoms with van der Waals surface area (Å²) in [6, 6.07) is 7.47. The normalized spacial score (nSPS) is 20.2. The highest BCUT2D eigenvalue weighted by Crippen LogP contribution is 2.34. The van der Waals surface area contributed by atoms with Gasteiger partial charge in [-0.25, -0.2) is 4.79 Å². The number of ether oxygens (including phenoxy) is 1. The average Bonchev–Trinajstić information content (AvgIpc) is 2.98. The summed E-state index contributed by atoms with van der Waals surface area (Å²) in [4.78, 5) is 27.5. The van der Waals surface area contributed by atoms with Crippen LogP contribution in [0.25, 0.3) is 0 Å². The van der Waals surface area contributed by atoms with Crippen molar-refractivity contribution in [3.63, 3.8) is 0 Å². The van der Waals surface area contributed by atoms with Gasteiger partial charge in [-0.3, -0.25) is 9.69 Å². The first-order chi connectivity index (χ1) is 13.9. The number of methoxy groups -OCH3 is 1. The van der Waals surface area contributed by atoms with Crippen molar-refractivity contribution in [2.45, 2.75) is 64.6 Å². The quantitative estimate of drug-likeness (QED) is 0.658. The summed E-state index contributed by atoms with van der Waals surface area (Å²) >= 11 is 5.99. The van der Waals surface area contributed by atoms with Gasteiger partial charge in [0.25, 0.3) is 5.91 Å². The molecule has 158 valence electrons. The molecule has 0 aromatic heterocycles. The standard InChI is InChI=1S/C23H31ClN2O3/c1-15(2)14-20(23(28)29-3)25-21-18-6-4-5-7-19(18)22(27)26(21)13-12-16-8-10-17(24)11-9-16/h8-11,15,20-21,25H,4-7,12-14H2,1-3H3/p+1/t20-,21+/m0/s1. The largest absolute Gasteiger partial charge is 0.465 e. The van der Waals surface area contributed by atoms with E-state index in [1.807, 2.05) is 29.2 Å². The van der Waals surface area contributed by atoms with Crippen molar-refractivity contribution in [3.8, 4) is 0 Å². The molecule has 0 fully saturated rings. The Balaban J connectivity index is 1.80. The molecular formula is C23H32ClN2O3+. The molecule has 0 bridgehead atoms. The number of amides is 1. The summed E-state index contributed by atoms with van der Waals surface area (Å²) in [6.45, 7) is 4.84. The first-order valence-corrected chi connectivity index (χ1v) is 11.0. The van der Waals surface area contributed by atoms with E-state index in [1.54, 1.807) is 0 Å². The maximum atomic E-state index is 13.2. The van der Waals surface area contributed by atoms with Gasteiger partial charge in [0.15, 0.2) is 12.2 Å². The van der Waals surface area contributed by atoms with Crippen molar-refractivity contribution < 1.29 is 19.6 Å². The summed E-state index contributed by atoms with van der Waals surface area (Å²) in [7, 11) is 1.44. The second-order valence-electron chi connectivity index (χ2n) is 8.48. The molecule has 1 aromatic rings. The number of nitrogens with two attached hydrogens (primary N) is 1. The van der Waals surface area contributed by atoms with E-state index in [2.05, 4.69) is 19.2 Å². The Hall–Kier alpha value is -1.85. The molecule has 0 saturated heterocycles. The molecular weight excluding hydrogens is 388 g/mol. The van der Waals surface area contributed by atoms with E-state index in [9.17, 15) is 9.59 Å². The lowest BCUT2D eigenvalue weighted by Gasteiger charge is -2.28. The molecule has 29 heavy (non-hydrogen) atoms. The predicted octanol–water partition coefficient (Wildman–Crippen LogP) is 3.07. The molecule has 0 spiro atoms. The molecule has 6 heteroatoms. The number of hydrogen-bond donors (Lipinski definition) is 1. The number of quaternary nitrogens is 1. The lowest BCUT2D eigenvalue weighted by atomic mass is 9.92. The minimum atomic E-state index is -0.301. The average molecular weight is 420 g/mol. The molecule has 0 radical (unpaired) electrons. The third-order valence-electron chi connectivity index (χ3n) is 5.92. The van der Waals surface area contributed by atoms with E-state index in [1.165, 1.54) is 12.7 Å². The van der Waals surface area contributed by atoms with Crippen molar-refractivity contribution in [1.29, 1.82) is 0 Å². The van der Waals surface area contributed by atoms with Crippen LogP contribution in [0.15, 0.2) is 35.4 Å². The highest BCUT2D eigenvalue weighted by Gasteiger charge is 2.44. The maximum Gasteiger partial charge on any atom is 0.364 e. The highest BCUT2D eigenvalue weighted by molar-refractivity contribution is 6.30. The number of benzene rings is 1. The highest BCUT2D eigenvalue weighted by atomic mass is 35.5. The van der Waals surface area contributed by atoms with Gasteiger partial charge in [0.05, 0.1) is 7.11 Å². The zero-order valence-corrected chi connectivity index (χ0v) is 18.4. The summed E-state index contributed by atoms with van der Waals surface area (Å²) < 4.78 is 5.06. The van der Waals surface area contributed by atoms with Crippen LogP contribution >= 0.6 is 11.6 Å². The number of hydrogen-bond acceptors (Lipinski definition) is 3. The van der Waals surface area contributed by atoms with Gasteiger partial charge >= 0.3 is 5.97 Å². The van der Waals surface area contributed by atoms with E-state index in [0.29, 0.717) is 17.5 Å². The Labute approximate surface area is 178 Å². The van der Waals surface area contributed by atoms with Crippen molar-refractivity contribution in [2.24, 2.45) is 5.92 Å². The molecule has 3 rings (SSSR count). The van der Waals surface area contributed by atoms with E-state index in [4.69, 9.17) is 16.3 Å². The fourth-order valence-electron chi connectivity index (χ4n) is 4.48. The molecule has 5 nitrogen and oxygen atoms in total. The Morgan fingerprint density at radius 1 is 1.24 bits per heavy atom. The van der Waals surface area contributed by atoms with Crippen molar-refractivity contribution in [3.05, 3.63) is 46.0 Å². The van der Waals surface area contributed by atoms with E-state index in [-0.39, 0.29) is 24.1 Å². The number of halogens is 1. The number of esters is 1. The lowest BCUT2D eigenvalue weighted by molar-refractivity contribution is -0.718. The van der Waals surface area contributed by atoms with Crippen LogP contribution in [0.2, 0.25) is 5.02 Å². The zero-order chi connectivity index (χ0) is 21.0. The number of carbonyl (C=O) groups excluding carboxylic acids is 2. The summed E-state index contributed by atoms with van der Waals surface area (Å²) in [6.07, 6.45) is 5.35. The fourth-order valence-corrected chi connectivity index (χ4v) is 4.61. The van der Waals surface area contributed by atoms with Crippen LogP contribution in [0.3, 0.4) is 0 Å². The molecule has 2 N–H and O–H groups in total. The lowest BCUT2D eigenvalue weighted by Crippen LogP contribution is -2.99. The van der Waals surface area contributed by atoms with E-state index in [0.717, 1.165) is 49.7 Å². The fraction of sp³-hybridized carbons (Fsp3) is 0.565. The molecule has 1 aliphatic carbocycles. The van der Waals surface area contributed by atoms with Crippen LogP contribution in [0.1, 0.15) is 51.5 Å². The van der Waals surface area contributed by atoms with Crippen LogP contribution in [0.5, 0.6) is 0 Å². The Morgan fingerprint density at radius 2 is 1.93 bits per heavy atom. The van der Waals surface area contributed by atoms with Crippen LogP contribution < -0.4 is 5.32 Å². The second-order valence-corrected chi connectivity index (χ2v) is 8.92.